The topological polar surface area (TPSA) is 82.2 Å². The van der Waals surface area contributed by atoms with Crippen LogP contribution < -0.4 is 11.3 Å². The van der Waals surface area contributed by atoms with Crippen molar-refractivity contribution in [1.82, 2.24) is 10.3 Å². The molecule has 0 saturated carbocycles. The average Bonchev–Trinajstić information content (AvgIpc) is 2.00. The molecule has 5 heteroatoms. The molecule has 11 heavy (non-hydrogen) atoms. The van der Waals surface area contributed by atoms with Gasteiger partial charge in [0.1, 0.15) is 0 Å². The Hall–Kier alpha value is -1.12. The third kappa shape index (κ3) is 5.33. The molecule has 0 atom stereocenters. The van der Waals surface area contributed by atoms with E-state index in [4.69, 9.17) is 11.1 Å². The number of hydrogen-bond donors (Lipinski definition) is 2. The fraction of sp³-hybridized carbons (Fsp3) is 0.667. The fourth-order valence-electron chi connectivity index (χ4n) is 0.611. The van der Waals surface area contributed by atoms with Crippen LogP contribution in [0.15, 0.2) is 0 Å². The van der Waals surface area contributed by atoms with E-state index in [1.165, 1.54) is 0 Å². The molecule has 0 spiro atoms. The van der Waals surface area contributed by atoms with Gasteiger partial charge in [0.05, 0.1) is 12.6 Å². The second-order valence-corrected chi connectivity index (χ2v) is 2.21. The van der Waals surface area contributed by atoms with Crippen LogP contribution in [-0.4, -0.2) is 30.9 Å². The zero-order valence-corrected chi connectivity index (χ0v) is 6.50. The molecule has 5 nitrogen and oxygen atoms in total. The standard InChI is InChI=1S/C6H12N4O/c1-10(4-2-3-7)5-6(11)9-8/h2,4-5,8H2,1H3,(H,9,11). The van der Waals surface area contributed by atoms with Crippen LogP contribution in [0.2, 0.25) is 0 Å². The maximum absolute atomic E-state index is 10.6. The number of nitriles is 1. The Morgan fingerprint density at radius 2 is 2.45 bits per heavy atom. The molecular formula is C6H12N4O. The SMILES string of the molecule is CN(CCC#N)CC(=O)NN. The number of hydrazine groups is 1. The molecule has 0 heterocycles. The normalized spacial score (nSPS) is 9.27. The summed E-state index contributed by atoms with van der Waals surface area (Å²) >= 11 is 0. The molecule has 1 amide bonds. The maximum atomic E-state index is 10.6. The van der Waals surface area contributed by atoms with Gasteiger partial charge in [-0.15, -0.1) is 0 Å². The van der Waals surface area contributed by atoms with Crippen LogP contribution in [0.5, 0.6) is 0 Å². The van der Waals surface area contributed by atoms with Crippen molar-refractivity contribution in [3.05, 3.63) is 0 Å². The molecule has 0 aromatic carbocycles. The molecule has 0 fully saturated rings. The van der Waals surface area contributed by atoms with Gasteiger partial charge in [0.2, 0.25) is 5.91 Å². The minimum Gasteiger partial charge on any atom is -0.297 e. The molecule has 3 N–H and O–H groups in total. The quantitative estimate of drug-likeness (QED) is 0.305. The summed E-state index contributed by atoms with van der Waals surface area (Å²) in [5, 5.41) is 8.20. The van der Waals surface area contributed by atoms with E-state index < -0.39 is 0 Å². The van der Waals surface area contributed by atoms with Gasteiger partial charge in [0, 0.05) is 13.0 Å². The van der Waals surface area contributed by atoms with Crippen LogP contribution in [0.4, 0.5) is 0 Å². The smallest absolute Gasteiger partial charge is 0.248 e. The number of rotatable bonds is 4. The van der Waals surface area contributed by atoms with E-state index in [0.717, 1.165) is 0 Å². The molecule has 0 aromatic rings. The average molecular weight is 156 g/mol. The largest absolute Gasteiger partial charge is 0.297 e. The molecule has 0 aliphatic heterocycles. The highest BCUT2D eigenvalue weighted by atomic mass is 16.2. The Kier molecular flexibility index (Phi) is 5.07. The van der Waals surface area contributed by atoms with Crippen LogP contribution in [0.1, 0.15) is 6.42 Å². The van der Waals surface area contributed by atoms with Gasteiger partial charge in [-0.2, -0.15) is 5.26 Å². The lowest BCUT2D eigenvalue weighted by atomic mass is 10.4. The van der Waals surface area contributed by atoms with E-state index in [0.29, 0.717) is 13.0 Å². The summed E-state index contributed by atoms with van der Waals surface area (Å²) in [5.74, 6) is 4.61. The zero-order chi connectivity index (χ0) is 8.69. The van der Waals surface area contributed by atoms with Crippen molar-refractivity contribution in [3.63, 3.8) is 0 Å². The van der Waals surface area contributed by atoms with Gasteiger partial charge in [-0.1, -0.05) is 0 Å². The van der Waals surface area contributed by atoms with E-state index in [-0.39, 0.29) is 12.5 Å². The number of amides is 1. The zero-order valence-electron chi connectivity index (χ0n) is 6.50. The number of nitrogens with two attached hydrogens (primary N) is 1. The Balaban J connectivity index is 3.45. The number of carbonyl (C=O) groups is 1. The molecular weight excluding hydrogens is 144 g/mol. The second-order valence-electron chi connectivity index (χ2n) is 2.21. The van der Waals surface area contributed by atoms with Crippen molar-refractivity contribution in [1.29, 1.82) is 5.26 Å². The first-order chi connectivity index (χ1) is 5.20. The van der Waals surface area contributed by atoms with Crippen LogP contribution in [0.3, 0.4) is 0 Å². The van der Waals surface area contributed by atoms with Crippen molar-refractivity contribution in [2.45, 2.75) is 6.42 Å². The predicted molar refractivity (Wildman–Crippen MR) is 40.1 cm³/mol. The summed E-state index contributed by atoms with van der Waals surface area (Å²) in [6, 6.07) is 1.99. The summed E-state index contributed by atoms with van der Waals surface area (Å²) < 4.78 is 0. The second kappa shape index (κ2) is 5.65. The van der Waals surface area contributed by atoms with Crippen LogP contribution in [0, 0.1) is 11.3 Å². The third-order valence-corrected chi connectivity index (χ3v) is 1.18. The number of likely N-dealkylation sites (N-methyl/N-ethyl adjacent to an activating group) is 1. The predicted octanol–water partition coefficient (Wildman–Crippen LogP) is -1.18. The monoisotopic (exact) mass is 156 g/mol. The number of nitrogens with one attached hydrogen (secondary N) is 1. The summed E-state index contributed by atoms with van der Waals surface area (Å²) in [6.45, 7) is 0.822. The molecule has 0 radical (unpaired) electrons. The summed E-state index contributed by atoms with van der Waals surface area (Å²) in [4.78, 5) is 12.4. The number of hydrogen-bond acceptors (Lipinski definition) is 4. The van der Waals surface area contributed by atoms with Gasteiger partial charge < -0.3 is 0 Å². The van der Waals surface area contributed by atoms with E-state index in [2.05, 4.69) is 0 Å². The lowest BCUT2D eigenvalue weighted by molar-refractivity contribution is -0.122. The minimum absolute atomic E-state index is 0.234. The van der Waals surface area contributed by atoms with Crippen molar-refractivity contribution in [3.8, 4) is 6.07 Å². The molecule has 0 aliphatic carbocycles. The summed E-state index contributed by atoms with van der Waals surface area (Å²) in [5.41, 5.74) is 2.01. The van der Waals surface area contributed by atoms with Crippen molar-refractivity contribution >= 4 is 5.91 Å². The molecule has 0 saturated heterocycles. The molecule has 0 aliphatic rings. The van der Waals surface area contributed by atoms with E-state index in [1.807, 2.05) is 11.5 Å². The highest BCUT2D eigenvalue weighted by Crippen LogP contribution is 1.84. The maximum Gasteiger partial charge on any atom is 0.248 e. The van der Waals surface area contributed by atoms with Gasteiger partial charge in [-0.3, -0.25) is 15.1 Å². The van der Waals surface area contributed by atoms with E-state index >= 15 is 0 Å². The molecule has 0 unspecified atom stereocenters. The fourth-order valence-corrected chi connectivity index (χ4v) is 0.611. The minimum atomic E-state index is -0.245. The summed E-state index contributed by atoms with van der Waals surface area (Å²) in [6.07, 6.45) is 0.425. The van der Waals surface area contributed by atoms with E-state index in [1.54, 1.807) is 11.9 Å². The molecule has 0 rings (SSSR count). The lowest BCUT2D eigenvalue weighted by Crippen LogP contribution is -2.39. The number of carbonyl (C=O) groups excluding carboxylic acids is 1. The van der Waals surface area contributed by atoms with Gasteiger partial charge in [-0.05, 0) is 7.05 Å². The van der Waals surface area contributed by atoms with Crippen molar-refractivity contribution in [2.75, 3.05) is 20.1 Å². The first-order valence-electron chi connectivity index (χ1n) is 3.25. The highest BCUT2D eigenvalue weighted by molar-refractivity contribution is 5.77. The third-order valence-electron chi connectivity index (χ3n) is 1.18. The van der Waals surface area contributed by atoms with E-state index in [9.17, 15) is 4.79 Å². The van der Waals surface area contributed by atoms with Crippen LogP contribution in [0.25, 0.3) is 0 Å². The Morgan fingerprint density at radius 3 is 2.91 bits per heavy atom. The Morgan fingerprint density at radius 1 is 1.82 bits per heavy atom. The van der Waals surface area contributed by atoms with Gasteiger partial charge in [0.25, 0.3) is 0 Å². The molecule has 62 valence electrons. The van der Waals surface area contributed by atoms with Crippen molar-refractivity contribution < 1.29 is 4.79 Å². The Bertz CT molecular complexity index is 162. The van der Waals surface area contributed by atoms with Gasteiger partial charge in [-0.25, -0.2) is 5.84 Å². The van der Waals surface area contributed by atoms with Gasteiger partial charge >= 0.3 is 0 Å². The first kappa shape index (κ1) is 9.88. The molecule has 0 aromatic heterocycles. The lowest BCUT2D eigenvalue weighted by Gasteiger charge is -2.12. The number of nitrogens with zero attached hydrogens (tertiary/aromatic N) is 2. The van der Waals surface area contributed by atoms with Gasteiger partial charge in [0.15, 0.2) is 0 Å². The first-order valence-corrected chi connectivity index (χ1v) is 3.25. The van der Waals surface area contributed by atoms with Crippen LogP contribution in [-0.2, 0) is 4.79 Å². The highest BCUT2D eigenvalue weighted by Gasteiger charge is 2.02. The Labute approximate surface area is 65.7 Å². The summed E-state index contributed by atoms with van der Waals surface area (Å²) in [7, 11) is 1.76. The molecule has 0 bridgehead atoms. The van der Waals surface area contributed by atoms with Crippen LogP contribution >= 0.6 is 0 Å². The van der Waals surface area contributed by atoms with Crippen molar-refractivity contribution in [2.24, 2.45) is 5.84 Å².